The van der Waals surface area contributed by atoms with Gasteiger partial charge in [-0.1, -0.05) is 18.2 Å². The summed E-state index contributed by atoms with van der Waals surface area (Å²) in [5.74, 6) is 0.802. The maximum atomic E-state index is 13.3. The van der Waals surface area contributed by atoms with Gasteiger partial charge in [-0.15, -0.1) is 0 Å². The molecule has 1 amide bonds. The van der Waals surface area contributed by atoms with Gasteiger partial charge in [0.1, 0.15) is 5.82 Å². The Hall–Kier alpha value is -3.66. The summed E-state index contributed by atoms with van der Waals surface area (Å²) >= 11 is 0. The van der Waals surface area contributed by atoms with Crippen LogP contribution in [0.2, 0.25) is 0 Å². The Morgan fingerprint density at radius 2 is 1.83 bits per heavy atom. The zero-order valence-corrected chi connectivity index (χ0v) is 16.7. The van der Waals surface area contributed by atoms with Gasteiger partial charge < -0.3 is 9.80 Å². The van der Waals surface area contributed by atoms with Gasteiger partial charge in [0.25, 0.3) is 5.91 Å². The number of benzene rings is 1. The largest absolute Gasteiger partial charge is 0.353 e. The van der Waals surface area contributed by atoms with Crippen molar-refractivity contribution in [3.8, 4) is 11.8 Å². The molecule has 5 rings (SSSR count). The van der Waals surface area contributed by atoms with Gasteiger partial charge >= 0.3 is 0 Å². The van der Waals surface area contributed by atoms with E-state index in [9.17, 15) is 4.79 Å². The lowest BCUT2D eigenvalue weighted by Gasteiger charge is -2.35. The van der Waals surface area contributed by atoms with Gasteiger partial charge in [0.2, 0.25) is 0 Å². The summed E-state index contributed by atoms with van der Waals surface area (Å²) in [5.41, 5.74) is 4.48. The van der Waals surface area contributed by atoms with Gasteiger partial charge in [-0.05, 0) is 43.5 Å². The minimum atomic E-state index is 0.0150. The van der Waals surface area contributed by atoms with E-state index in [1.165, 1.54) is 5.69 Å². The maximum absolute atomic E-state index is 13.3. The van der Waals surface area contributed by atoms with Crippen LogP contribution in [-0.4, -0.2) is 51.8 Å². The number of aromatic nitrogens is 3. The Bertz CT molecular complexity index is 1120. The summed E-state index contributed by atoms with van der Waals surface area (Å²) in [6.07, 6.45) is 4.59. The quantitative estimate of drug-likeness (QED) is 0.678. The van der Waals surface area contributed by atoms with Crippen LogP contribution in [0.4, 0.5) is 5.82 Å². The number of fused-ring (bicyclic) bond motifs is 1. The minimum Gasteiger partial charge on any atom is -0.353 e. The highest BCUT2D eigenvalue weighted by Gasteiger charge is 2.31. The molecule has 0 N–H and O–H groups in total. The van der Waals surface area contributed by atoms with Crippen LogP contribution in [0, 0.1) is 11.3 Å². The van der Waals surface area contributed by atoms with Gasteiger partial charge in [-0.25, -0.2) is 9.67 Å². The van der Waals surface area contributed by atoms with Crippen LogP contribution in [0.1, 0.15) is 33.7 Å². The summed E-state index contributed by atoms with van der Waals surface area (Å²) in [6, 6.07) is 15.7. The molecule has 0 saturated carbocycles. The molecule has 150 valence electrons. The van der Waals surface area contributed by atoms with Crippen LogP contribution < -0.4 is 4.90 Å². The third-order valence-electron chi connectivity index (χ3n) is 5.90. The number of nitrogens with zero attached hydrogens (tertiary/aromatic N) is 6. The normalized spacial score (nSPS) is 15.7. The zero-order valence-electron chi connectivity index (χ0n) is 16.7. The summed E-state index contributed by atoms with van der Waals surface area (Å²) in [6.45, 7) is 2.61. The van der Waals surface area contributed by atoms with Crippen molar-refractivity contribution >= 4 is 11.7 Å². The molecule has 2 aromatic heterocycles. The zero-order chi connectivity index (χ0) is 20.5. The monoisotopic (exact) mass is 398 g/mol. The van der Waals surface area contributed by atoms with Gasteiger partial charge in [-0.2, -0.15) is 10.4 Å². The molecule has 0 radical (unpaired) electrons. The van der Waals surface area contributed by atoms with E-state index in [-0.39, 0.29) is 5.91 Å². The van der Waals surface area contributed by atoms with E-state index < -0.39 is 0 Å². The molecule has 3 heterocycles. The average Bonchev–Trinajstić information content (AvgIpc) is 3.42. The van der Waals surface area contributed by atoms with Crippen LogP contribution in [0.15, 0.2) is 48.7 Å². The first-order valence-electron chi connectivity index (χ1n) is 10.3. The molecular weight excluding hydrogens is 376 g/mol. The molecule has 1 saturated heterocycles. The highest BCUT2D eigenvalue weighted by atomic mass is 16.2. The molecule has 0 unspecified atom stereocenters. The predicted molar refractivity (Wildman–Crippen MR) is 113 cm³/mol. The number of nitriles is 1. The number of para-hydroxylation sites is 1. The van der Waals surface area contributed by atoms with Crippen molar-refractivity contribution in [3.05, 3.63) is 71.2 Å². The number of anilines is 1. The van der Waals surface area contributed by atoms with Crippen LogP contribution >= 0.6 is 0 Å². The fraction of sp³-hybridized carbons (Fsp3) is 0.304. The fourth-order valence-electron chi connectivity index (χ4n) is 4.34. The molecule has 1 aliphatic heterocycles. The Morgan fingerprint density at radius 1 is 1.03 bits per heavy atom. The number of piperazine rings is 1. The molecule has 1 aliphatic carbocycles. The lowest BCUT2D eigenvalue weighted by molar-refractivity contribution is 0.0739. The number of hydrogen-bond donors (Lipinski definition) is 0. The van der Waals surface area contributed by atoms with Crippen molar-refractivity contribution in [2.45, 2.75) is 19.3 Å². The van der Waals surface area contributed by atoms with E-state index in [1.54, 1.807) is 18.3 Å². The van der Waals surface area contributed by atoms with Crippen LogP contribution in [-0.2, 0) is 12.8 Å². The number of hydrogen-bond acceptors (Lipinski definition) is 5. The van der Waals surface area contributed by atoms with E-state index in [0.717, 1.165) is 36.3 Å². The van der Waals surface area contributed by atoms with Crippen LogP contribution in [0.3, 0.4) is 0 Å². The number of amides is 1. The van der Waals surface area contributed by atoms with E-state index in [4.69, 9.17) is 10.4 Å². The topological polar surface area (TPSA) is 78.1 Å². The Kier molecular flexibility index (Phi) is 4.68. The number of rotatable bonds is 3. The number of carbonyl (C=O) groups is 1. The van der Waals surface area contributed by atoms with Gasteiger partial charge in [-0.3, -0.25) is 4.79 Å². The lowest BCUT2D eigenvalue weighted by Crippen LogP contribution is -2.49. The van der Waals surface area contributed by atoms with E-state index in [1.807, 2.05) is 39.9 Å². The second-order valence-corrected chi connectivity index (χ2v) is 7.67. The summed E-state index contributed by atoms with van der Waals surface area (Å²) < 4.78 is 1.95. The molecule has 30 heavy (non-hydrogen) atoms. The summed E-state index contributed by atoms with van der Waals surface area (Å²) in [4.78, 5) is 21.7. The number of pyridine rings is 1. The van der Waals surface area contributed by atoms with Crippen LogP contribution in [0.5, 0.6) is 0 Å². The van der Waals surface area contributed by atoms with Crippen molar-refractivity contribution < 1.29 is 4.79 Å². The standard InChI is InChI=1S/C23H22N6O/c24-16-17-9-10-25-21(15-17)27-11-13-28(14-12-27)23(30)22-19-7-4-8-20(19)29(26-22)18-5-2-1-3-6-18/h1-3,5-6,9-10,15H,4,7-8,11-14H2. The second kappa shape index (κ2) is 7.64. The van der Waals surface area contributed by atoms with Gasteiger partial charge in [0, 0.05) is 43.6 Å². The van der Waals surface area contributed by atoms with Gasteiger partial charge in [0.15, 0.2) is 5.69 Å². The predicted octanol–water partition coefficient (Wildman–Crippen LogP) is 2.59. The highest BCUT2D eigenvalue weighted by molar-refractivity contribution is 5.94. The first-order valence-corrected chi connectivity index (χ1v) is 10.3. The van der Waals surface area contributed by atoms with Crippen molar-refractivity contribution in [2.75, 3.05) is 31.1 Å². The van der Waals surface area contributed by atoms with E-state index in [0.29, 0.717) is 37.4 Å². The maximum Gasteiger partial charge on any atom is 0.274 e. The average molecular weight is 398 g/mol. The highest BCUT2D eigenvalue weighted by Crippen LogP contribution is 2.29. The molecule has 1 aromatic carbocycles. The van der Waals surface area contributed by atoms with Crippen molar-refractivity contribution in [1.29, 1.82) is 5.26 Å². The third-order valence-corrected chi connectivity index (χ3v) is 5.90. The smallest absolute Gasteiger partial charge is 0.274 e. The van der Waals surface area contributed by atoms with Gasteiger partial charge in [0.05, 0.1) is 17.3 Å². The van der Waals surface area contributed by atoms with E-state index in [2.05, 4.69) is 16.0 Å². The van der Waals surface area contributed by atoms with Crippen molar-refractivity contribution in [1.82, 2.24) is 19.7 Å². The lowest BCUT2D eigenvalue weighted by atomic mass is 10.1. The Labute approximate surface area is 175 Å². The summed E-state index contributed by atoms with van der Waals surface area (Å²) in [5, 5.41) is 13.8. The van der Waals surface area contributed by atoms with E-state index >= 15 is 0 Å². The Balaban J connectivity index is 1.35. The molecule has 7 nitrogen and oxygen atoms in total. The summed E-state index contributed by atoms with van der Waals surface area (Å²) in [7, 11) is 0. The molecule has 1 fully saturated rings. The third kappa shape index (κ3) is 3.20. The minimum absolute atomic E-state index is 0.0150. The van der Waals surface area contributed by atoms with Crippen LogP contribution in [0.25, 0.3) is 5.69 Å². The molecule has 0 spiro atoms. The molecule has 0 bridgehead atoms. The molecule has 3 aromatic rings. The first kappa shape index (κ1) is 18.4. The number of carbonyl (C=O) groups excluding carboxylic acids is 1. The fourth-order valence-corrected chi connectivity index (χ4v) is 4.34. The second-order valence-electron chi connectivity index (χ2n) is 7.67. The molecule has 7 heteroatoms. The molecule has 0 atom stereocenters. The van der Waals surface area contributed by atoms with Crippen molar-refractivity contribution in [3.63, 3.8) is 0 Å². The SMILES string of the molecule is N#Cc1ccnc(N2CCN(C(=O)c3nn(-c4ccccc4)c4c3CCC4)CC2)c1. The van der Waals surface area contributed by atoms with Crippen molar-refractivity contribution in [2.24, 2.45) is 0 Å². The molecular formula is C23H22N6O. The Morgan fingerprint density at radius 3 is 2.60 bits per heavy atom. The molecule has 2 aliphatic rings. The first-order chi connectivity index (χ1) is 14.7.